The highest BCUT2D eigenvalue weighted by Gasteiger charge is 2.58. The Morgan fingerprint density at radius 1 is 1.58 bits per heavy atom. The van der Waals surface area contributed by atoms with Crippen molar-refractivity contribution in [2.24, 2.45) is 0 Å². The molecular formula is C12H17NO6. The number of nitrogens with one attached hydrogen (secondary N) is 1. The number of ether oxygens (including phenoxy) is 1. The molecule has 2 aliphatic rings. The van der Waals surface area contributed by atoms with Crippen LogP contribution in [0.2, 0.25) is 0 Å². The molecule has 0 aromatic heterocycles. The van der Waals surface area contributed by atoms with Crippen molar-refractivity contribution in [2.45, 2.75) is 43.3 Å². The van der Waals surface area contributed by atoms with Crippen LogP contribution in [0.25, 0.3) is 0 Å². The van der Waals surface area contributed by atoms with Crippen molar-refractivity contribution in [2.75, 3.05) is 6.61 Å². The Morgan fingerprint density at radius 3 is 2.74 bits per heavy atom. The van der Waals surface area contributed by atoms with Gasteiger partial charge in [-0.1, -0.05) is 6.92 Å². The molecule has 106 valence electrons. The summed E-state index contributed by atoms with van der Waals surface area (Å²) >= 11 is 0. The van der Waals surface area contributed by atoms with Gasteiger partial charge in [0, 0.05) is 0 Å². The number of hydrogen-bond acceptors (Lipinski definition) is 6. The molecular weight excluding hydrogens is 254 g/mol. The van der Waals surface area contributed by atoms with Crippen molar-refractivity contribution in [3.8, 4) is 0 Å². The van der Waals surface area contributed by atoms with E-state index in [0.717, 1.165) is 12.5 Å². The van der Waals surface area contributed by atoms with Gasteiger partial charge in [0.1, 0.15) is 12.2 Å². The van der Waals surface area contributed by atoms with E-state index >= 15 is 0 Å². The first-order chi connectivity index (χ1) is 8.94. The van der Waals surface area contributed by atoms with Crippen LogP contribution in [-0.2, 0) is 14.3 Å². The summed E-state index contributed by atoms with van der Waals surface area (Å²) in [4.78, 5) is 23.5. The first-order valence-corrected chi connectivity index (χ1v) is 6.15. The quantitative estimate of drug-likeness (QED) is 0.258. The van der Waals surface area contributed by atoms with Crippen molar-refractivity contribution in [1.29, 1.82) is 0 Å². The van der Waals surface area contributed by atoms with Crippen LogP contribution >= 0.6 is 0 Å². The molecule has 7 heteroatoms. The van der Waals surface area contributed by atoms with Crippen LogP contribution in [0.15, 0.2) is 12.2 Å². The fourth-order valence-electron chi connectivity index (χ4n) is 2.15. The Kier molecular flexibility index (Phi) is 3.73. The topological polar surface area (TPSA) is 119 Å². The predicted molar refractivity (Wildman–Crippen MR) is 63.1 cm³/mol. The number of carbonyl (C=O) groups excluding carboxylic acids is 2. The molecule has 2 aliphatic heterocycles. The number of aliphatic hydroxyl groups excluding tert-OH is 2. The molecule has 0 aromatic carbocycles. The molecule has 0 aliphatic carbocycles. The monoisotopic (exact) mass is 271 g/mol. The van der Waals surface area contributed by atoms with E-state index in [2.05, 4.69) is 5.32 Å². The van der Waals surface area contributed by atoms with Gasteiger partial charge in [-0.05, 0) is 18.6 Å². The summed E-state index contributed by atoms with van der Waals surface area (Å²) < 4.78 is 5.18. The second kappa shape index (κ2) is 5.01. The zero-order valence-electron chi connectivity index (χ0n) is 10.4. The maximum atomic E-state index is 11.9. The lowest BCUT2D eigenvalue weighted by molar-refractivity contribution is -0.154. The summed E-state index contributed by atoms with van der Waals surface area (Å²) in [5.41, 5.74) is -2.54. The van der Waals surface area contributed by atoms with E-state index in [1.54, 1.807) is 0 Å². The fourth-order valence-corrected chi connectivity index (χ4v) is 2.15. The third-order valence-corrected chi connectivity index (χ3v) is 3.51. The number of rotatable bonds is 5. The third kappa shape index (κ3) is 2.30. The third-order valence-electron chi connectivity index (χ3n) is 3.51. The van der Waals surface area contributed by atoms with Crippen LogP contribution in [0.3, 0.4) is 0 Å². The van der Waals surface area contributed by atoms with Gasteiger partial charge in [-0.15, -0.1) is 0 Å². The minimum absolute atomic E-state index is 0.0613. The van der Waals surface area contributed by atoms with Gasteiger partial charge in [-0.25, -0.2) is 0 Å². The maximum Gasteiger partial charge on any atom is 0.263 e. The van der Waals surface area contributed by atoms with Gasteiger partial charge in [0.25, 0.3) is 5.91 Å². The van der Waals surface area contributed by atoms with Crippen molar-refractivity contribution in [3.05, 3.63) is 12.2 Å². The molecule has 2 fully saturated rings. The van der Waals surface area contributed by atoms with Gasteiger partial charge in [0.05, 0.1) is 18.8 Å². The van der Waals surface area contributed by atoms with Crippen LogP contribution in [0, 0.1) is 0 Å². The second-order valence-electron chi connectivity index (χ2n) is 4.74. The Labute approximate surface area is 109 Å². The number of amides is 1. The number of epoxide rings is 1. The SMILES string of the molecule is CCC1OC1/C=C/C(=O)[C@]1(O)C(=O)N[C@@H](CO)[C@@H]1O. The van der Waals surface area contributed by atoms with Crippen LogP contribution < -0.4 is 5.32 Å². The summed E-state index contributed by atoms with van der Waals surface area (Å²) in [7, 11) is 0. The lowest BCUT2D eigenvalue weighted by atomic mass is 9.91. The summed E-state index contributed by atoms with van der Waals surface area (Å²) in [5.74, 6) is -1.92. The molecule has 0 aromatic rings. The summed E-state index contributed by atoms with van der Waals surface area (Å²) in [6, 6.07) is -1.05. The van der Waals surface area contributed by atoms with E-state index in [0.29, 0.717) is 0 Å². The normalized spacial score (nSPS) is 41.6. The van der Waals surface area contributed by atoms with Crippen molar-refractivity contribution in [3.63, 3.8) is 0 Å². The molecule has 0 saturated carbocycles. The highest BCUT2D eigenvalue weighted by Crippen LogP contribution is 2.27. The number of hydrogen-bond donors (Lipinski definition) is 4. The first-order valence-electron chi connectivity index (χ1n) is 6.15. The zero-order valence-corrected chi connectivity index (χ0v) is 10.4. The first kappa shape index (κ1) is 14.1. The summed E-state index contributed by atoms with van der Waals surface area (Å²) in [6.07, 6.45) is 1.51. The van der Waals surface area contributed by atoms with E-state index in [4.69, 9.17) is 9.84 Å². The van der Waals surface area contributed by atoms with E-state index in [1.165, 1.54) is 6.08 Å². The van der Waals surface area contributed by atoms with Crippen molar-refractivity contribution >= 4 is 11.7 Å². The average molecular weight is 271 g/mol. The second-order valence-corrected chi connectivity index (χ2v) is 4.74. The van der Waals surface area contributed by atoms with Gasteiger partial charge < -0.3 is 25.4 Å². The molecule has 7 nitrogen and oxygen atoms in total. The van der Waals surface area contributed by atoms with Crippen LogP contribution in [0.1, 0.15) is 13.3 Å². The smallest absolute Gasteiger partial charge is 0.263 e. The van der Waals surface area contributed by atoms with Crippen molar-refractivity contribution < 1.29 is 29.6 Å². The average Bonchev–Trinajstić information content (AvgIpc) is 3.13. The molecule has 0 spiro atoms. The Balaban J connectivity index is 2.07. The summed E-state index contributed by atoms with van der Waals surface area (Å²) in [6.45, 7) is 1.38. The van der Waals surface area contributed by atoms with E-state index in [9.17, 15) is 19.8 Å². The number of carbonyl (C=O) groups is 2. The highest BCUT2D eigenvalue weighted by molar-refractivity contribution is 6.16. The zero-order chi connectivity index (χ0) is 14.2. The van der Waals surface area contributed by atoms with Crippen LogP contribution in [0.5, 0.6) is 0 Å². The molecule has 2 unspecified atom stereocenters. The Morgan fingerprint density at radius 2 is 2.26 bits per heavy atom. The molecule has 2 saturated heterocycles. The lowest BCUT2D eigenvalue weighted by Gasteiger charge is -2.21. The molecule has 19 heavy (non-hydrogen) atoms. The Hall–Kier alpha value is -1.28. The van der Waals surface area contributed by atoms with E-state index in [-0.39, 0.29) is 12.2 Å². The van der Waals surface area contributed by atoms with E-state index < -0.39 is 36.0 Å². The van der Waals surface area contributed by atoms with Gasteiger partial charge in [0.15, 0.2) is 5.78 Å². The number of ketones is 1. The molecule has 5 atom stereocenters. The number of aliphatic hydroxyl groups is 3. The minimum Gasteiger partial charge on any atom is -0.394 e. The molecule has 0 radical (unpaired) electrons. The fraction of sp³-hybridized carbons (Fsp3) is 0.667. The molecule has 2 rings (SSSR count). The molecule has 4 N–H and O–H groups in total. The van der Waals surface area contributed by atoms with Crippen LogP contribution in [0.4, 0.5) is 0 Å². The highest BCUT2D eigenvalue weighted by atomic mass is 16.6. The lowest BCUT2D eigenvalue weighted by Crippen LogP contribution is -2.52. The minimum atomic E-state index is -2.54. The summed E-state index contributed by atoms with van der Waals surface area (Å²) in [5, 5.41) is 30.9. The Bertz CT molecular complexity index is 422. The molecule has 2 heterocycles. The predicted octanol–water partition coefficient (Wildman–Crippen LogP) is -2.13. The van der Waals surface area contributed by atoms with Gasteiger partial charge in [-0.2, -0.15) is 0 Å². The van der Waals surface area contributed by atoms with Crippen molar-refractivity contribution in [1.82, 2.24) is 5.32 Å². The van der Waals surface area contributed by atoms with Gasteiger partial charge >= 0.3 is 0 Å². The van der Waals surface area contributed by atoms with Gasteiger partial charge in [0.2, 0.25) is 5.60 Å². The molecule has 1 amide bonds. The van der Waals surface area contributed by atoms with E-state index in [1.807, 2.05) is 6.92 Å². The van der Waals surface area contributed by atoms with Crippen LogP contribution in [-0.4, -0.2) is 63.6 Å². The largest absolute Gasteiger partial charge is 0.394 e. The molecule has 0 bridgehead atoms. The van der Waals surface area contributed by atoms with Gasteiger partial charge in [-0.3, -0.25) is 9.59 Å². The maximum absolute atomic E-state index is 11.9. The standard InChI is InChI=1S/C12H17NO6/c1-2-7-8(19-7)3-4-9(15)12(18)10(16)6(5-14)13-11(12)17/h3-4,6-8,10,14,16,18H,2,5H2,1H3,(H,13,17)/b4-3+/t6-,7?,8?,10-,12+/m0/s1.